The minimum atomic E-state index is -0.752. The van der Waals surface area contributed by atoms with Gasteiger partial charge in [-0.25, -0.2) is 0 Å². The molecule has 2 rings (SSSR count). The van der Waals surface area contributed by atoms with Crippen LogP contribution >= 0.6 is 0 Å². The summed E-state index contributed by atoms with van der Waals surface area (Å²) in [5.74, 6) is 0.372. The molecular weight excluding hydrogens is 178 g/mol. The van der Waals surface area contributed by atoms with Crippen molar-refractivity contribution < 1.29 is 5.11 Å². The van der Waals surface area contributed by atoms with Crippen molar-refractivity contribution in [3.63, 3.8) is 0 Å². The third kappa shape index (κ3) is 1.81. The quantitative estimate of drug-likeness (QED) is 0.726. The fraction of sp³-hybridized carbons (Fsp3) is 0.700. The van der Waals surface area contributed by atoms with E-state index in [0.29, 0.717) is 19.0 Å². The monoisotopic (exact) mass is 195 g/mol. The van der Waals surface area contributed by atoms with Gasteiger partial charge in [0, 0.05) is 12.7 Å². The summed E-state index contributed by atoms with van der Waals surface area (Å²) in [5, 5.41) is 14.4. The molecule has 1 aromatic heterocycles. The highest BCUT2D eigenvalue weighted by atomic mass is 16.3. The Morgan fingerprint density at radius 3 is 2.86 bits per heavy atom. The summed E-state index contributed by atoms with van der Waals surface area (Å²) in [7, 11) is 0. The van der Waals surface area contributed by atoms with E-state index in [0.717, 1.165) is 18.4 Å². The molecule has 14 heavy (non-hydrogen) atoms. The molecule has 3 N–H and O–H groups in total. The molecule has 1 heterocycles. The largest absolute Gasteiger partial charge is 0.386 e. The first-order valence-electron chi connectivity index (χ1n) is 5.05. The molecule has 0 amide bonds. The zero-order valence-electron chi connectivity index (χ0n) is 8.48. The molecule has 1 aliphatic carbocycles. The van der Waals surface area contributed by atoms with Crippen molar-refractivity contribution in [2.24, 2.45) is 11.7 Å². The summed E-state index contributed by atoms with van der Waals surface area (Å²) in [6.07, 6.45) is 5.91. The first-order chi connectivity index (χ1) is 6.64. The van der Waals surface area contributed by atoms with E-state index in [1.165, 1.54) is 0 Å². The van der Waals surface area contributed by atoms with Gasteiger partial charge >= 0.3 is 0 Å². The lowest BCUT2D eigenvalue weighted by molar-refractivity contribution is 0.00625. The maximum Gasteiger partial charge on any atom is 0.0991 e. The minimum Gasteiger partial charge on any atom is -0.386 e. The van der Waals surface area contributed by atoms with Crippen molar-refractivity contribution >= 4 is 0 Å². The molecule has 4 nitrogen and oxygen atoms in total. The van der Waals surface area contributed by atoms with Crippen LogP contribution in [-0.4, -0.2) is 27.0 Å². The molecule has 0 saturated heterocycles. The number of hydrogen-bond donors (Lipinski definition) is 2. The van der Waals surface area contributed by atoms with Crippen LogP contribution in [-0.2, 0) is 6.54 Å². The Kier molecular flexibility index (Phi) is 2.33. The van der Waals surface area contributed by atoms with E-state index in [4.69, 9.17) is 5.73 Å². The van der Waals surface area contributed by atoms with Crippen molar-refractivity contribution in [2.75, 3.05) is 6.54 Å². The zero-order chi connectivity index (χ0) is 10.2. The van der Waals surface area contributed by atoms with E-state index in [-0.39, 0.29) is 0 Å². The zero-order valence-corrected chi connectivity index (χ0v) is 8.48. The lowest BCUT2D eigenvalue weighted by Gasteiger charge is -2.26. The van der Waals surface area contributed by atoms with E-state index >= 15 is 0 Å². The van der Waals surface area contributed by atoms with Crippen LogP contribution in [0.15, 0.2) is 12.4 Å². The summed E-state index contributed by atoms with van der Waals surface area (Å²) in [6.45, 7) is 2.82. The highest BCUT2D eigenvalue weighted by Crippen LogP contribution is 2.39. The average molecular weight is 195 g/mol. The smallest absolute Gasteiger partial charge is 0.0991 e. The van der Waals surface area contributed by atoms with Gasteiger partial charge in [-0.3, -0.25) is 4.68 Å². The molecule has 1 aliphatic rings. The molecule has 0 bridgehead atoms. The number of hydrogen-bond acceptors (Lipinski definition) is 3. The van der Waals surface area contributed by atoms with Crippen LogP contribution in [0.3, 0.4) is 0 Å². The van der Waals surface area contributed by atoms with Gasteiger partial charge in [-0.2, -0.15) is 5.10 Å². The molecule has 1 atom stereocenters. The predicted octanol–water partition coefficient (Wildman–Crippen LogP) is 0.291. The molecule has 1 unspecified atom stereocenters. The Balaban J connectivity index is 2.07. The molecular formula is C10H17N3O. The lowest BCUT2D eigenvalue weighted by atomic mass is 9.98. The van der Waals surface area contributed by atoms with E-state index in [2.05, 4.69) is 5.10 Å². The average Bonchev–Trinajstić information content (AvgIpc) is 2.93. The van der Waals surface area contributed by atoms with E-state index in [1.807, 2.05) is 13.1 Å². The SMILES string of the molecule is Cc1cnn(CC(O)(CN)C2CC2)c1. The maximum atomic E-state index is 10.2. The first-order valence-corrected chi connectivity index (χ1v) is 5.05. The van der Waals surface area contributed by atoms with Crippen LogP contribution in [0.25, 0.3) is 0 Å². The highest BCUT2D eigenvalue weighted by Gasteiger charge is 2.43. The number of aromatic nitrogens is 2. The van der Waals surface area contributed by atoms with Gasteiger partial charge in [-0.15, -0.1) is 0 Å². The van der Waals surface area contributed by atoms with E-state index < -0.39 is 5.60 Å². The fourth-order valence-corrected chi connectivity index (χ4v) is 1.81. The molecule has 1 saturated carbocycles. The van der Waals surface area contributed by atoms with Crippen LogP contribution in [0, 0.1) is 12.8 Å². The maximum absolute atomic E-state index is 10.2. The first kappa shape index (κ1) is 9.68. The number of nitrogens with zero attached hydrogens (tertiary/aromatic N) is 2. The molecule has 1 fully saturated rings. The Hall–Kier alpha value is -0.870. The molecule has 1 aromatic rings. The number of aliphatic hydroxyl groups is 1. The second-order valence-corrected chi connectivity index (χ2v) is 4.30. The van der Waals surface area contributed by atoms with Crippen LogP contribution < -0.4 is 5.73 Å². The van der Waals surface area contributed by atoms with Crippen molar-refractivity contribution in [3.05, 3.63) is 18.0 Å². The predicted molar refractivity (Wildman–Crippen MR) is 53.7 cm³/mol. The van der Waals surface area contributed by atoms with Crippen LogP contribution in [0.1, 0.15) is 18.4 Å². The Labute approximate surface area is 83.7 Å². The van der Waals surface area contributed by atoms with Gasteiger partial charge in [0.05, 0.1) is 18.3 Å². The van der Waals surface area contributed by atoms with Crippen LogP contribution in [0.5, 0.6) is 0 Å². The van der Waals surface area contributed by atoms with Crippen molar-refractivity contribution in [3.8, 4) is 0 Å². The van der Waals surface area contributed by atoms with E-state index in [1.54, 1.807) is 10.9 Å². The molecule has 0 aromatic carbocycles. The second-order valence-electron chi connectivity index (χ2n) is 4.30. The van der Waals surface area contributed by atoms with Crippen LogP contribution in [0.4, 0.5) is 0 Å². The van der Waals surface area contributed by atoms with Crippen molar-refractivity contribution in [2.45, 2.75) is 31.9 Å². The third-order valence-electron chi connectivity index (χ3n) is 2.89. The summed E-state index contributed by atoms with van der Waals surface area (Å²) in [4.78, 5) is 0. The van der Waals surface area contributed by atoms with Gasteiger partial charge in [-0.05, 0) is 31.2 Å². The summed E-state index contributed by atoms with van der Waals surface area (Å²) in [6, 6.07) is 0. The molecule has 78 valence electrons. The van der Waals surface area contributed by atoms with Crippen LogP contribution in [0.2, 0.25) is 0 Å². The Morgan fingerprint density at radius 1 is 1.71 bits per heavy atom. The highest BCUT2D eigenvalue weighted by molar-refractivity contribution is 5.02. The van der Waals surface area contributed by atoms with Gasteiger partial charge in [0.2, 0.25) is 0 Å². The summed E-state index contributed by atoms with van der Waals surface area (Å²) >= 11 is 0. The van der Waals surface area contributed by atoms with Crippen molar-refractivity contribution in [1.29, 1.82) is 0 Å². The molecule has 4 heteroatoms. The molecule has 0 spiro atoms. The lowest BCUT2D eigenvalue weighted by Crippen LogP contribution is -2.44. The van der Waals surface area contributed by atoms with Crippen molar-refractivity contribution in [1.82, 2.24) is 9.78 Å². The van der Waals surface area contributed by atoms with Gasteiger partial charge in [-0.1, -0.05) is 0 Å². The third-order valence-corrected chi connectivity index (χ3v) is 2.89. The van der Waals surface area contributed by atoms with Gasteiger partial charge < -0.3 is 10.8 Å². The van der Waals surface area contributed by atoms with Gasteiger partial charge in [0.25, 0.3) is 0 Å². The number of aryl methyl sites for hydroxylation is 1. The Bertz CT molecular complexity index is 319. The minimum absolute atomic E-state index is 0.316. The van der Waals surface area contributed by atoms with Gasteiger partial charge in [0.15, 0.2) is 0 Å². The summed E-state index contributed by atoms with van der Waals surface area (Å²) in [5.41, 5.74) is 5.97. The van der Waals surface area contributed by atoms with E-state index in [9.17, 15) is 5.11 Å². The molecule has 0 aliphatic heterocycles. The van der Waals surface area contributed by atoms with Gasteiger partial charge in [0.1, 0.15) is 0 Å². The Morgan fingerprint density at radius 2 is 2.43 bits per heavy atom. The fourth-order valence-electron chi connectivity index (χ4n) is 1.81. The topological polar surface area (TPSA) is 64.1 Å². The standard InChI is InChI=1S/C10H17N3O/c1-8-4-12-13(5-8)7-10(14,6-11)9-2-3-9/h4-5,9,14H,2-3,6-7,11H2,1H3. The number of nitrogens with two attached hydrogens (primary N) is 1. The molecule has 0 radical (unpaired) electrons. The second kappa shape index (κ2) is 3.37. The number of rotatable bonds is 4. The normalized spacial score (nSPS) is 20.8. The summed E-state index contributed by atoms with van der Waals surface area (Å²) < 4.78 is 1.78.